The van der Waals surface area contributed by atoms with Crippen LogP contribution in [-0.2, 0) is 9.53 Å². The summed E-state index contributed by atoms with van der Waals surface area (Å²) in [7, 11) is 1.54. The second kappa shape index (κ2) is 7.14. The van der Waals surface area contributed by atoms with Gasteiger partial charge in [-0.1, -0.05) is 0 Å². The molecule has 2 aliphatic rings. The van der Waals surface area contributed by atoms with Gasteiger partial charge in [0.25, 0.3) is 5.91 Å². The lowest BCUT2D eigenvalue weighted by Gasteiger charge is -2.38. The first-order valence-corrected chi connectivity index (χ1v) is 7.71. The normalized spacial score (nSPS) is 24.1. The number of alkyl halides is 3. The predicted octanol–water partition coefficient (Wildman–Crippen LogP) is 0.852. The maximum Gasteiger partial charge on any atom is 0.401 e. The Hall–Kier alpha value is -0.860. The zero-order valence-corrected chi connectivity index (χ0v) is 12.9. The van der Waals surface area contributed by atoms with Crippen LogP contribution in [0.4, 0.5) is 13.2 Å². The lowest BCUT2D eigenvalue weighted by molar-refractivity contribution is -0.158. The van der Waals surface area contributed by atoms with E-state index in [9.17, 15) is 18.0 Å². The number of amides is 1. The van der Waals surface area contributed by atoms with Gasteiger partial charge in [0.15, 0.2) is 0 Å². The van der Waals surface area contributed by atoms with Gasteiger partial charge >= 0.3 is 6.18 Å². The molecule has 0 saturated carbocycles. The number of hydrogen-bond donors (Lipinski definition) is 1. The summed E-state index contributed by atoms with van der Waals surface area (Å²) in [6.07, 6.45) is -2.43. The molecule has 0 aliphatic carbocycles. The summed E-state index contributed by atoms with van der Waals surface area (Å²) >= 11 is 0. The standard InChI is InChI=1S/C14H24F3N3O2/c1-22-13(3-5-18-6-4-13)12(21)20-8-2-7-19(9-10-20)11-14(15,16)17/h18H,2-11H2,1H3. The van der Waals surface area contributed by atoms with Crippen LogP contribution in [0, 0.1) is 0 Å². The van der Waals surface area contributed by atoms with Crippen molar-refractivity contribution in [2.24, 2.45) is 0 Å². The Labute approximate surface area is 128 Å². The summed E-state index contributed by atoms with van der Waals surface area (Å²) in [6, 6.07) is 0. The fraction of sp³-hybridized carbons (Fsp3) is 0.929. The smallest absolute Gasteiger partial charge is 0.368 e. The molecule has 0 radical (unpaired) electrons. The van der Waals surface area contributed by atoms with Crippen LogP contribution in [0.1, 0.15) is 19.3 Å². The number of halogens is 3. The van der Waals surface area contributed by atoms with E-state index in [2.05, 4.69) is 5.32 Å². The lowest BCUT2D eigenvalue weighted by Crippen LogP contribution is -2.56. The fourth-order valence-corrected chi connectivity index (χ4v) is 3.21. The van der Waals surface area contributed by atoms with Crippen molar-refractivity contribution in [3.63, 3.8) is 0 Å². The summed E-state index contributed by atoms with van der Waals surface area (Å²) in [6.45, 7) is 1.96. The minimum Gasteiger partial charge on any atom is -0.368 e. The highest BCUT2D eigenvalue weighted by molar-refractivity contribution is 5.85. The van der Waals surface area contributed by atoms with Crippen molar-refractivity contribution >= 4 is 5.91 Å². The lowest BCUT2D eigenvalue weighted by atomic mass is 9.90. The van der Waals surface area contributed by atoms with Crippen LogP contribution in [0.2, 0.25) is 0 Å². The van der Waals surface area contributed by atoms with E-state index in [4.69, 9.17) is 4.74 Å². The molecular formula is C14H24F3N3O2. The van der Waals surface area contributed by atoms with E-state index in [1.807, 2.05) is 0 Å². The van der Waals surface area contributed by atoms with E-state index >= 15 is 0 Å². The van der Waals surface area contributed by atoms with Gasteiger partial charge in [0, 0.05) is 33.3 Å². The SMILES string of the molecule is COC1(C(=O)N2CCCN(CC(F)(F)F)CC2)CCNCC1. The Morgan fingerprint density at radius 2 is 1.86 bits per heavy atom. The highest BCUT2D eigenvalue weighted by Crippen LogP contribution is 2.26. The molecule has 0 aromatic rings. The molecule has 2 heterocycles. The van der Waals surface area contributed by atoms with Gasteiger partial charge in [-0.3, -0.25) is 9.69 Å². The quantitative estimate of drug-likeness (QED) is 0.836. The molecule has 2 aliphatic heterocycles. The first-order chi connectivity index (χ1) is 10.4. The monoisotopic (exact) mass is 323 g/mol. The minimum atomic E-state index is -4.19. The molecule has 1 N–H and O–H groups in total. The summed E-state index contributed by atoms with van der Waals surface area (Å²) < 4.78 is 43.0. The van der Waals surface area contributed by atoms with Gasteiger partial charge in [-0.15, -0.1) is 0 Å². The number of carbonyl (C=O) groups is 1. The second-order valence-electron chi connectivity index (χ2n) is 5.99. The van der Waals surface area contributed by atoms with Crippen LogP contribution in [0.5, 0.6) is 0 Å². The zero-order valence-electron chi connectivity index (χ0n) is 12.9. The number of methoxy groups -OCH3 is 1. The zero-order chi connectivity index (χ0) is 16.2. The third-order valence-corrected chi connectivity index (χ3v) is 4.47. The number of nitrogens with one attached hydrogen (secondary N) is 1. The fourth-order valence-electron chi connectivity index (χ4n) is 3.21. The average Bonchev–Trinajstić information content (AvgIpc) is 2.71. The molecule has 0 aromatic heterocycles. The minimum absolute atomic E-state index is 0.0784. The molecule has 0 unspecified atom stereocenters. The molecule has 2 saturated heterocycles. The summed E-state index contributed by atoms with van der Waals surface area (Å²) in [4.78, 5) is 15.8. The molecule has 8 heteroatoms. The predicted molar refractivity (Wildman–Crippen MR) is 75.5 cm³/mol. The number of hydrogen-bond acceptors (Lipinski definition) is 4. The third kappa shape index (κ3) is 4.33. The van der Waals surface area contributed by atoms with Crippen molar-refractivity contribution in [2.75, 3.05) is 52.9 Å². The summed E-state index contributed by atoms with van der Waals surface area (Å²) in [5.74, 6) is -0.0784. The van der Waals surface area contributed by atoms with Crippen molar-refractivity contribution in [3.8, 4) is 0 Å². The van der Waals surface area contributed by atoms with Crippen LogP contribution in [0.25, 0.3) is 0 Å². The van der Waals surface area contributed by atoms with Gasteiger partial charge in [0.2, 0.25) is 0 Å². The molecule has 1 amide bonds. The molecule has 128 valence electrons. The van der Waals surface area contributed by atoms with Crippen LogP contribution in [0.15, 0.2) is 0 Å². The topological polar surface area (TPSA) is 44.8 Å². The van der Waals surface area contributed by atoms with Gasteiger partial charge in [0.05, 0.1) is 6.54 Å². The second-order valence-corrected chi connectivity index (χ2v) is 5.99. The van der Waals surface area contributed by atoms with Gasteiger partial charge in [-0.05, 0) is 32.4 Å². The van der Waals surface area contributed by atoms with Crippen LogP contribution < -0.4 is 5.32 Å². The highest BCUT2D eigenvalue weighted by Gasteiger charge is 2.43. The molecule has 5 nitrogen and oxygen atoms in total. The van der Waals surface area contributed by atoms with Crippen molar-refractivity contribution in [2.45, 2.75) is 31.0 Å². The summed E-state index contributed by atoms with van der Waals surface area (Å²) in [5.41, 5.74) is -0.815. The Balaban J connectivity index is 1.96. The van der Waals surface area contributed by atoms with E-state index in [1.54, 1.807) is 4.90 Å². The summed E-state index contributed by atoms with van der Waals surface area (Å²) in [5, 5.41) is 3.19. The molecule has 0 spiro atoms. The molecule has 0 aromatic carbocycles. The van der Waals surface area contributed by atoms with Crippen molar-refractivity contribution in [1.82, 2.24) is 15.1 Å². The van der Waals surface area contributed by atoms with E-state index < -0.39 is 18.3 Å². The van der Waals surface area contributed by atoms with Gasteiger partial charge in [-0.25, -0.2) is 0 Å². The molecule has 22 heavy (non-hydrogen) atoms. The molecule has 0 bridgehead atoms. The average molecular weight is 323 g/mol. The van der Waals surface area contributed by atoms with Crippen molar-refractivity contribution in [3.05, 3.63) is 0 Å². The van der Waals surface area contributed by atoms with Gasteiger partial charge in [-0.2, -0.15) is 13.2 Å². The number of nitrogens with zero attached hydrogens (tertiary/aromatic N) is 2. The van der Waals surface area contributed by atoms with Crippen LogP contribution >= 0.6 is 0 Å². The van der Waals surface area contributed by atoms with Gasteiger partial charge in [0.1, 0.15) is 5.60 Å². The molecule has 2 rings (SSSR count). The number of ether oxygens (including phenoxy) is 1. The largest absolute Gasteiger partial charge is 0.401 e. The van der Waals surface area contributed by atoms with E-state index in [-0.39, 0.29) is 12.5 Å². The van der Waals surface area contributed by atoms with Crippen LogP contribution in [-0.4, -0.2) is 80.4 Å². The number of carbonyl (C=O) groups excluding carboxylic acids is 1. The Bertz CT molecular complexity index is 384. The van der Waals surface area contributed by atoms with Crippen LogP contribution in [0.3, 0.4) is 0 Å². The Morgan fingerprint density at radius 1 is 1.18 bits per heavy atom. The number of piperidine rings is 1. The van der Waals surface area contributed by atoms with E-state index in [0.717, 1.165) is 0 Å². The Kier molecular flexibility index (Phi) is 5.68. The van der Waals surface area contributed by atoms with E-state index in [1.165, 1.54) is 12.0 Å². The maximum absolute atomic E-state index is 12.8. The first-order valence-electron chi connectivity index (χ1n) is 7.71. The third-order valence-electron chi connectivity index (χ3n) is 4.47. The van der Waals surface area contributed by atoms with Crippen molar-refractivity contribution < 1.29 is 22.7 Å². The number of rotatable bonds is 3. The molecular weight excluding hydrogens is 299 g/mol. The molecule has 0 atom stereocenters. The first kappa shape index (κ1) is 17.5. The molecule has 2 fully saturated rings. The van der Waals surface area contributed by atoms with E-state index in [0.29, 0.717) is 52.0 Å². The highest BCUT2D eigenvalue weighted by atomic mass is 19.4. The Morgan fingerprint density at radius 3 is 2.45 bits per heavy atom. The van der Waals surface area contributed by atoms with Gasteiger partial charge < -0.3 is 15.0 Å². The maximum atomic E-state index is 12.8. The van der Waals surface area contributed by atoms with Crippen molar-refractivity contribution in [1.29, 1.82) is 0 Å².